The van der Waals surface area contributed by atoms with Crippen LogP contribution >= 0.6 is 0 Å². The van der Waals surface area contributed by atoms with Gasteiger partial charge >= 0.3 is 11.9 Å². The molecule has 0 saturated heterocycles. The topological polar surface area (TPSA) is 63.6 Å². The highest BCUT2D eigenvalue weighted by Crippen LogP contribution is 2.38. The molecular formula is C11H16O4. The van der Waals surface area contributed by atoms with Gasteiger partial charge < -0.3 is 9.84 Å². The maximum absolute atomic E-state index is 11.3. The van der Waals surface area contributed by atoms with E-state index in [2.05, 4.69) is 6.58 Å². The Morgan fingerprint density at radius 2 is 1.93 bits per heavy atom. The van der Waals surface area contributed by atoms with E-state index in [1.165, 1.54) is 0 Å². The molecule has 15 heavy (non-hydrogen) atoms. The summed E-state index contributed by atoms with van der Waals surface area (Å²) < 4.78 is 5.25. The van der Waals surface area contributed by atoms with Gasteiger partial charge in [0.15, 0.2) is 0 Å². The molecule has 0 aromatic rings. The molecule has 0 heterocycles. The molecule has 0 unspecified atom stereocenters. The van der Waals surface area contributed by atoms with Crippen LogP contribution in [0.3, 0.4) is 0 Å². The molecule has 0 spiro atoms. The minimum absolute atomic E-state index is 0.574. The number of carbonyl (C=O) groups excluding carboxylic acids is 1. The van der Waals surface area contributed by atoms with Gasteiger partial charge in [0.05, 0.1) is 0 Å². The minimum Gasteiger partial charge on any atom is -0.481 e. The number of esters is 1. The average Bonchev–Trinajstić information content (AvgIpc) is 2.52. The van der Waals surface area contributed by atoms with Crippen LogP contribution in [0.25, 0.3) is 0 Å². The molecule has 0 radical (unpaired) electrons. The molecule has 4 nitrogen and oxygen atoms in total. The maximum atomic E-state index is 11.3. The highest BCUT2D eigenvalue weighted by Gasteiger charge is 2.38. The van der Waals surface area contributed by atoms with Crippen molar-refractivity contribution in [1.82, 2.24) is 0 Å². The third kappa shape index (κ3) is 2.81. The van der Waals surface area contributed by atoms with Crippen LogP contribution in [0.15, 0.2) is 12.2 Å². The fourth-order valence-electron chi connectivity index (χ4n) is 1.94. The summed E-state index contributed by atoms with van der Waals surface area (Å²) in [6.07, 6.45) is 2.93. The maximum Gasteiger partial charge on any atom is 0.318 e. The summed E-state index contributed by atoms with van der Waals surface area (Å²) in [5, 5.41) is 8.46. The number of rotatable bonds is 4. The van der Waals surface area contributed by atoms with Crippen LogP contribution in [0.5, 0.6) is 0 Å². The van der Waals surface area contributed by atoms with Gasteiger partial charge in [0.2, 0.25) is 0 Å². The van der Waals surface area contributed by atoms with Crippen molar-refractivity contribution in [3.05, 3.63) is 12.2 Å². The molecule has 0 aromatic heterocycles. The molecule has 0 aromatic carbocycles. The molecule has 1 rings (SSSR count). The Morgan fingerprint density at radius 1 is 1.40 bits per heavy atom. The smallest absolute Gasteiger partial charge is 0.318 e. The molecule has 0 bridgehead atoms. The lowest BCUT2D eigenvalue weighted by molar-refractivity contribution is -0.160. The van der Waals surface area contributed by atoms with Crippen molar-refractivity contribution in [2.24, 2.45) is 0 Å². The van der Waals surface area contributed by atoms with Crippen LogP contribution < -0.4 is 0 Å². The number of carboxylic acids is 1. The summed E-state index contributed by atoms with van der Waals surface area (Å²) in [5.74, 6) is -1.83. The van der Waals surface area contributed by atoms with Gasteiger partial charge in [-0.2, -0.15) is 0 Å². The summed E-state index contributed by atoms with van der Waals surface area (Å²) >= 11 is 0. The lowest BCUT2D eigenvalue weighted by Gasteiger charge is -2.29. The van der Waals surface area contributed by atoms with E-state index >= 15 is 0 Å². The van der Waals surface area contributed by atoms with E-state index in [1.54, 1.807) is 0 Å². The number of hydrogen-bond acceptors (Lipinski definition) is 3. The Hall–Kier alpha value is -1.32. The third-order valence-corrected chi connectivity index (χ3v) is 2.79. The summed E-state index contributed by atoms with van der Waals surface area (Å²) in [6.45, 7) is 5.64. The van der Waals surface area contributed by atoms with Crippen molar-refractivity contribution in [1.29, 1.82) is 0 Å². The van der Waals surface area contributed by atoms with E-state index in [4.69, 9.17) is 9.84 Å². The monoisotopic (exact) mass is 212 g/mol. The van der Waals surface area contributed by atoms with Gasteiger partial charge in [-0.1, -0.05) is 6.58 Å². The summed E-state index contributed by atoms with van der Waals surface area (Å²) in [7, 11) is 0. The molecule has 1 aliphatic rings. The predicted molar refractivity (Wildman–Crippen MR) is 54.4 cm³/mol. The van der Waals surface area contributed by atoms with Gasteiger partial charge in [-0.15, -0.1) is 0 Å². The quantitative estimate of drug-likeness (QED) is 0.439. The van der Waals surface area contributed by atoms with Crippen LogP contribution in [-0.4, -0.2) is 22.6 Å². The Kier molecular flexibility index (Phi) is 3.50. The molecule has 0 aliphatic heterocycles. The van der Waals surface area contributed by atoms with Crippen molar-refractivity contribution in [2.75, 3.05) is 0 Å². The molecule has 4 heteroatoms. The molecule has 84 valence electrons. The van der Waals surface area contributed by atoms with Gasteiger partial charge in [-0.25, -0.2) is 0 Å². The normalized spacial score (nSPS) is 18.5. The Labute approximate surface area is 88.9 Å². The highest BCUT2D eigenvalue weighted by molar-refractivity contribution is 5.90. The van der Waals surface area contributed by atoms with Gasteiger partial charge in [-0.05, 0) is 38.2 Å². The molecule has 1 fully saturated rings. The Morgan fingerprint density at radius 3 is 2.33 bits per heavy atom. The van der Waals surface area contributed by atoms with Crippen LogP contribution in [0.1, 0.15) is 39.0 Å². The Balaban J connectivity index is 2.63. The number of carboxylic acid groups (broad SMARTS) is 1. The van der Waals surface area contributed by atoms with Gasteiger partial charge in [-0.3, -0.25) is 9.59 Å². The standard InChI is InChI=1S/C11H16O4/c1-8(2)11(5-3-4-6-11)15-10(14)7-9(12)13/h1,3-7H2,2H3,(H,12,13). The Bertz CT molecular complexity index is 287. The molecule has 1 saturated carbocycles. The number of ether oxygens (including phenoxy) is 1. The second-order valence-corrected chi connectivity index (χ2v) is 4.03. The molecule has 1 N–H and O–H groups in total. The van der Waals surface area contributed by atoms with E-state index in [0.717, 1.165) is 31.3 Å². The van der Waals surface area contributed by atoms with Crippen molar-refractivity contribution >= 4 is 11.9 Å². The zero-order valence-electron chi connectivity index (χ0n) is 8.91. The van der Waals surface area contributed by atoms with Crippen LogP contribution in [0.4, 0.5) is 0 Å². The van der Waals surface area contributed by atoms with Crippen molar-refractivity contribution < 1.29 is 19.4 Å². The van der Waals surface area contributed by atoms with Crippen LogP contribution in [0.2, 0.25) is 0 Å². The van der Waals surface area contributed by atoms with Crippen molar-refractivity contribution in [3.8, 4) is 0 Å². The van der Waals surface area contributed by atoms with E-state index in [0.29, 0.717) is 0 Å². The predicted octanol–water partition coefficient (Wildman–Crippen LogP) is 1.89. The van der Waals surface area contributed by atoms with Crippen molar-refractivity contribution in [2.45, 2.75) is 44.6 Å². The van der Waals surface area contributed by atoms with Gasteiger partial charge in [0, 0.05) is 0 Å². The van der Waals surface area contributed by atoms with Crippen LogP contribution in [-0.2, 0) is 14.3 Å². The van der Waals surface area contributed by atoms with Gasteiger partial charge in [0.1, 0.15) is 12.0 Å². The lowest BCUT2D eigenvalue weighted by Crippen LogP contribution is -2.33. The highest BCUT2D eigenvalue weighted by atomic mass is 16.6. The van der Waals surface area contributed by atoms with E-state index in [-0.39, 0.29) is 0 Å². The summed E-state index contributed by atoms with van der Waals surface area (Å²) in [6, 6.07) is 0. The summed E-state index contributed by atoms with van der Waals surface area (Å²) in [5.41, 5.74) is 0.200. The van der Waals surface area contributed by atoms with Crippen molar-refractivity contribution in [3.63, 3.8) is 0 Å². The molecule has 0 amide bonds. The first-order valence-electron chi connectivity index (χ1n) is 5.06. The third-order valence-electron chi connectivity index (χ3n) is 2.79. The van der Waals surface area contributed by atoms with Crippen LogP contribution in [0, 0.1) is 0 Å². The fraction of sp³-hybridized carbons (Fsp3) is 0.636. The molecular weight excluding hydrogens is 196 g/mol. The average molecular weight is 212 g/mol. The largest absolute Gasteiger partial charge is 0.481 e. The molecule has 0 atom stereocenters. The molecule has 1 aliphatic carbocycles. The second kappa shape index (κ2) is 4.47. The van der Waals surface area contributed by atoms with E-state index in [9.17, 15) is 9.59 Å². The zero-order valence-corrected chi connectivity index (χ0v) is 8.91. The first kappa shape index (κ1) is 11.8. The second-order valence-electron chi connectivity index (χ2n) is 4.03. The van der Waals surface area contributed by atoms with E-state index < -0.39 is 24.0 Å². The zero-order chi connectivity index (χ0) is 11.5. The fourth-order valence-corrected chi connectivity index (χ4v) is 1.94. The minimum atomic E-state index is -1.16. The number of carbonyl (C=O) groups is 2. The SMILES string of the molecule is C=C(C)C1(OC(=O)CC(=O)O)CCCC1. The summed E-state index contributed by atoms with van der Waals surface area (Å²) in [4.78, 5) is 21.6. The van der Waals surface area contributed by atoms with Gasteiger partial charge in [0.25, 0.3) is 0 Å². The number of aliphatic carboxylic acids is 1. The first-order chi connectivity index (χ1) is 6.96. The first-order valence-corrected chi connectivity index (χ1v) is 5.06. The van der Waals surface area contributed by atoms with E-state index in [1.807, 2.05) is 6.92 Å². The number of hydrogen-bond donors (Lipinski definition) is 1. The lowest BCUT2D eigenvalue weighted by atomic mass is 9.94.